The van der Waals surface area contributed by atoms with Gasteiger partial charge in [-0.25, -0.2) is 14.8 Å². The van der Waals surface area contributed by atoms with Crippen molar-refractivity contribution >= 4 is 16.1 Å². The minimum absolute atomic E-state index is 0.0748. The normalized spacial score (nSPS) is 23.1. The second-order valence-corrected chi connectivity index (χ2v) is 9.73. The Kier molecular flexibility index (Phi) is 4.32. The topological polar surface area (TPSA) is 29.5 Å². The Balaban J connectivity index is 2.13. The van der Waals surface area contributed by atoms with Gasteiger partial charge in [-0.3, -0.25) is 0 Å². The zero-order valence-electron chi connectivity index (χ0n) is 10.3. The molecule has 1 heterocycles. The van der Waals surface area contributed by atoms with Crippen LogP contribution in [0.3, 0.4) is 0 Å². The second-order valence-electron chi connectivity index (χ2n) is 5.14. The van der Waals surface area contributed by atoms with Crippen LogP contribution < -0.4 is 0 Å². The molecule has 1 saturated heterocycles. The third-order valence-electron chi connectivity index (χ3n) is 2.47. The van der Waals surface area contributed by atoms with Crippen molar-refractivity contribution in [2.24, 2.45) is 0 Å². The Morgan fingerprint density at radius 1 is 1.40 bits per heavy atom. The highest BCUT2D eigenvalue weighted by atomic mass is 32.3. The van der Waals surface area contributed by atoms with Crippen molar-refractivity contribution < 1.29 is 9.53 Å². The number of carbonyl (C=O) groups excluding carboxylic acids is 1. The van der Waals surface area contributed by atoms with Crippen LogP contribution in [0.5, 0.6) is 0 Å². The van der Waals surface area contributed by atoms with Crippen molar-refractivity contribution in [2.45, 2.75) is 25.9 Å². The zero-order valence-corrected chi connectivity index (χ0v) is 11.1. The van der Waals surface area contributed by atoms with E-state index < -0.39 is 0 Å². The number of hydrogen-bond donors (Lipinski definition) is 0. The Bertz CT molecular complexity index is 225. The van der Waals surface area contributed by atoms with Gasteiger partial charge in [0, 0.05) is 6.54 Å². The average Bonchev–Trinajstić information content (AvgIpc) is 2.37. The van der Waals surface area contributed by atoms with E-state index in [0.29, 0.717) is 0 Å². The first-order chi connectivity index (χ1) is 6.88. The van der Waals surface area contributed by atoms with E-state index in [-0.39, 0.29) is 22.2 Å². The first-order valence-electron chi connectivity index (χ1n) is 5.50. The van der Waals surface area contributed by atoms with Crippen LogP contribution in [0.2, 0.25) is 0 Å². The van der Waals surface area contributed by atoms with Gasteiger partial charge in [0.2, 0.25) is 0 Å². The lowest BCUT2D eigenvalue weighted by molar-refractivity contribution is 0.138. The van der Waals surface area contributed by atoms with Gasteiger partial charge in [0.1, 0.15) is 6.10 Å². The molecule has 1 fully saturated rings. The van der Waals surface area contributed by atoms with Crippen LogP contribution in [-0.4, -0.2) is 54.7 Å². The summed E-state index contributed by atoms with van der Waals surface area (Å²) in [5, 5.41) is 0. The van der Waals surface area contributed by atoms with E-state index in [1.54, 1.807) is 0 Å². The van der Waals surface area contributed by atoms with Gasteiger partial charge >= 0.3 is 6.09 Å². The van der Waals surface area contributed by atoms with E-state index in [0.717, 1.165) is 19.5 Å². The summed E-state index contributed by atoms with van der Waals surface area (Å²) in [6, 6.07) is 0. The number of ether oxygens (including phenoxy) is 1. The molecule has 90 valence electrons. The van der Waals surface area contributed by atoms with E-state index in [2.05, 4.69) is 18.8 Å². The molecule has 1 atom stereocenters. The molecule has 0 saturated carbocycles. The monoisotopic (exact) mass is 233 g/mol. The van der Waals surface area contributed by atoms with Crippen LogP contribution in [-0.2, 0) is 4.74 Å². The minimum atomic E-state index is -0.379. The molecule has 0 aliphatic carbocycles. The lowest BCUT2D eigenvalue weighted by Gasteiger charge is -2.25. The number of nitrogens with zero attached hydrogens (tertiary/aromatic N) is 1. The fourth-order valence-corrected chi connectivity index (χ4v) is 2.76. The minimum Gasteiger partial charge on any atom is -0.445 e. The third kappa shape index (κ3) is 4.78. The van der Waals surface area contributed by atoms with Crippen LogP contribution >= 0.6 is 10.0 Å². The summed E-state index contributed by atoms with van der Waals surface area (Å²) in [7, 11) is -0.379. The van der Waals surface area contributed by atoms with Crippen molar-refractivity contribution in [3.8, 4) is 0 Å². The van der Waals surface area contributed by atoms with Crippen molar-refractivity contribution in [2.75, 3.05) is 37.6 Å². The van der Waals surface area contributed by atoms with E-state index >= 15 is 0 Å². The zero-order chi connectivity index (χ0) is 11.5. The first-order valence-corrected chi connectivity index (χ1v) is 8.53. The molecular formula is C11H23NO2S. The maximum atomic E-state index is 11.3. The summed E-state index contributed by atoms with van der Waals surface area (Å²) in [6.45, 7) is 3.57. The molecule has 1 aliphatic heterocycles. The summed E-state index contributed by atoms with van der Waals surface area (Å²) in [5.74, 6) is 1.30. The predicted octanol–water partition coefficient (Wildman–Crippen LogP) is 2.30. The van der Waals surface area contributed by atoms with Gasteiger partial charge in [-0.15, -0.1) is 0 Å². The Morgan fingerprint density at radius 3 is 2.53 bits per heavy atom. The summed E-state index contributed by atoms with van der Waals surface area (Å²) >= 11 is 0. The largest absolute Gasteiger partial charge is 0.445 e. The van der Waals surface area contributed by atoms with E-state index in [4.69, 9.17) is 4.74 Å². The molecule has 0 bridgehead atoms. The van der Waals surface area contributed by atoms with Crippen LogP contribution in [0.15, 0.2) is 0 Å². The van der Waals surface area contributed by atoms with Crippen LogP contribution in [0, 0.1) is 0 Å². The van der Waals surface area contributed by atoms with Crippen molar-refractivity contribution in [3.05, 3.63) is 0 Å². The Morgan fingerprint density at radius 2 is 2.07 bits per heavy atom. The summed E-state index contributed by atoms with van der Waals surface area (Å²) in [4.78, 5) is 13.1. The van der Waals surface area contributed by atoms with E-state index in [1.165, 1.54) is 12.2 Å². The molecule has 0 aromatic rings. The van der Waals surface area contributed by atoms with Crippen LogP contribution in [0.4, 0.5) is 4.79 Å². The maximum Gasteiger partial charge on any atom is 0.410 e. The molecule has 0 radical (unpaired) electrons. The molecule has 1 rings (SSSR count). The van der Waals surface area contributed by atoms with Gasteiger partial charge in [0.15, 0.2) is 0 Å². The highest BCUT2D eigenvalue weighted by molar-refractivity contribution is 8.32. The van der Waals surface area contributed by atoms with Crippen molar-refractivity contribution in [3.63, 3.8) is 0 Å². The molecule has 3 nitrogen and oxygen atoms in total. The number of carbonyl (C=O) groups is 1. The molecule has 0 spiro atoms. The van der Waals surface area contributed by atoms with Gasteiger partial charge in [-0.1, -0.05) is 0 Å². The molecule has 0 unspecified atom stereocenters. The molecule has 1 amide bonds. The molecule has 0 aromatic heterocycles. The fraction of sp³-hybridized carbons (Fsp3) is 0.909. The number of rotatable bonds is 5. The first kappa shape index (κ1) is 12.7. The van der Waals surface area contributed by atoms with Gasteiger partial charge < -0.3 is 9.64 Å². The number of amides is 1. The molecule has 0 aromatic carbocycles. The van der Waals surface area contributed by atoms with E-state index in [9.17, 15) is 4.79 Å². The van der Waals surface area contributed by atoms with Gasteiger partial charge in [-0.05, 0) is 44.3 Å². The standard InChI is InChI=1S/C11H23NO2S/c1-10-9-12(11(13)14-10)7-5-6-8-15(2,3)4/h10H,5-9H2,1-4H3/t10-/m0/s1. The molecule has 1 aliphatic rings. The smallest absolute Gasteiger partial charge is 0.410 e. The Hall–Kier alpha value is -0.380. The van der Waals surface area contributed by atoms with Crippen molar-refractivity contribution in [1.82, 2.24) is 4.90 Å². The number of cyclic esters (lactones) is 1. The molecule has 0 N–H and O–H groups in total. The summed E-state index contributed by atoms with van der Waals surface area (Å²) in [6.07, 6.45) is 9.26. The van der Waals surface area contributed by atoms with Crippen molar-refractivity contribution in [1.29, 1.82) is 0 Å². The molecule has 4 heteroatoms. The van der Waals surface area contributed by atoms with Crippen LogP contribution in [0.1, 0.15) is 19.8 Å². The maximum absolute atomic E-state index is 11.3. The van der Waals surface area contributed by atoms with E-state index in [1.807, 2.05) is 11.8 Å². The van der Waals surface area contributed by atoms with Gasteiger partial charge in [-0.2, -0.15) is 0 Å². The van der Waals surface area contributed by atoms with Gasteiger partial charge in [0.25, 0.3) is 0 Å². The summed E-state index contributed by atoms with van der Waals surface area (Å²) < 4.78 is 5.06. The SMILES string of the molecule is C[C@H]1CN(CCCCS(C)(C)C)C(=O)O1. The fourth-order valence-electron chi connectivity index (χ4n) is 1.69. The summed E-state index contributed by atoms with van der Waals surface area (Å²) in [5.41, 5.74) is 0. The highest BCUT2D eigenvalue weighted by Crippen LogP contribution is 2.35. The number of hydrogen-bond acceptors (Lipinski definition) is 2. The second kappa shape index (κ2) is 5.10. The molecule has 15 heavy (non-hydrogen) atoms. The highest BCUT2D eigenvalue weighted by Gasteiger charge is 2.27. The molecular weight excluding hydrogens is 210 g/mol. The predicted molar refractivity (Wildman–Crippen MR) is 67.0 cm³/mol. The average molecular weight is 233 g/mol. The lowest BCUT2D eigenvalue weighted by Crippen LogP contribution is -2.26. The quantitative estimate of drug-likeness (QED) is 0.682. The number of unbranched alkanes of at least 4 members (excludes halogenated alkanes) is 1. The van der Waals surface area contributed by atoms with Crippen LogP contribution in [0.25, 0.3) is 0 Å². The lowest BCUT2D eigenvalue weighted by atomic mass is 10.3. The third-order valence-corrected chi connectivity index (χ3v) is 3.99. The van der Waals surface area contributed by atoms with Gasteiger partial charge in [0.05, 0.1) is 6.54 Å². The Labute approximate surface area is 94.5 Å².